The Labute approximate surface area is 139 Å². The summed E-state index contributed by atoms with van der Waals surface area (Å²) < 4.78 is 32.1. The molecule has 126 valence electrons. The van der Waals surface area contributed by atoms with Crippen LogP contribution in [0.5, 0.6) is 5.88 Å². The molecule has 1 N–H and O–H groups in total. The summed E-state index contributed by atoms with van der Waals surface area (Å²) in [7, 11) is -2.32. The van der Waals surface area contributed by atoms with Crippen molar-refractivity contribution in [3.05, 3.63) is 52.7 Å². The Morgan fingerprint density at radius 1 is 1.33 bits per heavy atom. The fourth-order valence-electron chi connectivity index (χ4n) is 2.80. The molecule has 0 spiro atoms. The predicted octanol–water partition coefficient (Wildman–Crippen LogP) is 1.80. The number of hydrogen-bond donors (Lipinski definition) is 1. The van der Waals surface area contributed by atoms with Crippen LogP contribution in [0.25, 0.3) is 0 Å². The molecule has 0 fully saturated rings. The molecular formula is C16H16N2O5S. The number of hydrogen-bond acceptors (Lipinski definition) is 5. The number of carboxylic acid groups (broad SMARTS) is 1. The zero-order valence-corrected chi connectivity index (χ0v) is 14.0. The Balaban J connectivity index is 1.99. The molecule has 0 aliphatic carbocycles. The van der Waals surface area contributed by atoms with Crippen LogP contribution < -0.4 is 4.74 Å². The fourth-order valence-corrected chi connectivity index (χ4v) is 4.34. The van der Waals surface area contributed by atoms with E-state index in [1.54, 1.807) is 25.1 Å². The van der Waals surface area contributed by atoms with Gasteiger partial charge in [0.2, 0.25) is 15.9 Å². The molecule has 24 heavy (non-hydrogen) atoms. The average Bonchev–Trinajstić information content (AvgIpc) is 2.99. The first-order chi connectivity index (χ1) is 11.3. The number of nitrogens with zero attached hydrogens (tertiary/aromatic N) is 2. The van der Waals surface area contributed by atoms with Crippen LogP contribution in [0.1, 0.15) is 27.0 Å². The Bertz CT molecular complexity index is 924. The maximum Gasteiger partial charge on any atom is 0.336 e. The van der Waals surface area contributed by atoms with E-state index in [4.69, 9.17) is 4.74 Å². The Hall–Kier alpha value is -2.45. The van der Waals surface area contributed by atoms with Crippen molar-refractivity contribution in [2.75, 3.05) is 7.11 Å². The molecule has 0 amide bonds. The quantitative estimate of drug-likeness (QED) is 0.905. The van der Waals surface area contributed by atoms with Gasteiger partial charge < -0.3 is 9.84 Å². The number of carbonyl (C=O) groups is 1. The number of aromatic carboxylic acids is 1. The van der Waals surface area contributed by atoms with E-state index in [2.05, 4.69) is 4.98 Å². The first kappa shape index (κ1) is 16.4. The van der Waals surface area contributed by atoms with E-state index in [1.165, 1.54) is 23.7 Å². The molecule has 1 aromatic carbocycles. The maximum absolute atomic E-state index is 12.9. The van der Waals surface area contributed by atoms with Gasteiger partial charge in [-0.25, -0.2) is 18.2 Å². The number of sulfonamides is 1. The van der Waals surface area contributed by atoms with Crippen molar-refractivity contribution in [2.45, 2.75) is 24.9 Å². The lowest BCUT2D eigenvalue weighted by Crippen LogP contribution is -2.26. The van der Waals surface area contributed by atoms with Crippen LogP contribution in [-0.2, 0) is 23.1 Å². The van der Waals surface area contributed by atoms with Crippen LogP contribution in [0, 0.1) is 6.92 Å². The second kappa shape index (κ2) is 5.88. The number of aryl methyl sites for hydroxylation is 1. The minimum Gasteiger partial charge on any atom is -0.481 e. The largest absolute Gasteiger partial charge is 0.481 e. The lowest BCUT2D eigenvalue weighted by atomic mass is 10.0. The van der Waals surface area contributed by atoms with Gasteiger partial charge in [-0.15, -0.1) is 0 Å². The topological polar surface area (TPSA) is 96.8 Å². The molecule has 2 heterocycles. The maximum atomic E-state index is 12.9. The van der Waals surface area contributed by atoms with Gasteiger partial charge in [0.1, 0.15) is 4.90 Å². The number of benzene rings is 1. The van der Waals surface area contributed by atoms with E-state index < -0.39 is 16.0 Å². The molecule has 0 unspecified atom stereocenters. The van der Waals surface area contributed by atoms with Crippen molar-refractivity contribution in [1.82, 2.24) is 9.29 Å². The molecule has 1 aromatic heterocycles. The molecule has 0 saturated heterocycles. The van der Waals surface area contributed by atoms with Gasteiger partial charge >= 0.3 is 5.97 Å². The minimum atomic E-state index is -3.78. The zero-order valence-electron chi connectivity index (χ0n) is 13.2. The summed E-state index contributed by atoms with van der Waals surface area (Å²) in [6.45, 7) is 1.85. The summed E-state index contributed by atoms with van der Waals surface area (Å²) in [6.07, 6.45) is 1.27. The Morgan fingerprint density at radius 3 is 2.71 bits per heavy atom. The van der Waals surface area contributed by atoms with Crippen molar-refractivity contribution >= 4 is 16.0 Å². The van der Waals surface area contributed by atoms with Crippen molar-refractivity contribution in [2.24, 2.45) is 0 Å². The van der Waals surface area contributed by atoms with Gasteiger partial charge in [-0.05, 0) is 29.7 Å². The molecule has 8 heteroatoms. The highest BCUT2D eigenvalue weighted by atomic mass is 32.2. The van der Waals surface area contributed by atoms with Crippen LogP contribution in [0.2, 0.25) is 0 Å². The van der Waals surface area contributed by atoms with E-state index in [0.29, 0.717) is 22.6 Å². The molecular weight excluding hydrogens is 332 g/mol. The van der Waals surface area contributed by atoms with Crippen molar-refractivity contribution in [3.8, 4) is 5.88 Å². The Morgan fingerprint density at radius 2 is 2.08 bits per heavy atom. The Kier molecular flexibility index (Phi) is 4.02. The number of fused-ring (bicyclic) bond motifs is 1. The molecule has 0 saturated carbocycles. The van der Waals surface area contributed by atoms with Gasteiger partial charge in [0, 0.05) is 19.2 Å². The predicted molar refractivity (Wildman–Crippen MR) is 85.4 cm³/mol. The molecule has 1 aliphatic heterocycles. The lowest BCUT2D eigenvalue weighted by molar-refractivity contribution is 0.0695. The highest BCUT2D eigenvalue weighted by Gasteiger charge is 2.34. The number of carboxylic acids is 1. The number of ether oxygens (including phenoxy) is 1. The van der Waals surface area contributed by atoms with Gasteiger partial charge in [0.25, 0.3) is 0 Å². The second-order valence-corrected chi connectivity index (χ2v) is 7.42. The molecule has 3 rings (SSSR count). The van der Waals surface area contributed by atoms with E-state index in [-0.39, 0.29) is 23.5 Å². The minimum absolute atomic E-state index is 0.0333. The molecule has 0 atom stereocenters. The van der Waals surface area contributed by atoms with Crippen molar-refractivity contribution in [3.63, 3.8) is 0 Å². The highest BCUT2D eigenvalue weighted by molar-refractivity contribution is 7.89. The summed E-state index contributed by atoms with van der Waals surface area (Å²) in [6, 6.07) is 6.41. The fraction of sp³-hybridized carbons (Fsp3) is 0.250. The molecule has 1 aliphatic rings. The van der Waals surface area contributed by atoms with Crippen LogP contribution in [0.4, 0.5) is 0 Å². The van der Waals surface area contributed by atoms with Gasteiger partial charge in [-0.2, -0.15) is 4.31 Å². The summed E-state index contributed by atoms with van der Waals surface area (Å²) >= 11 is 0. The first-order valence-corrected chi connectivity index (χ1v) is 8.63. The summed E-state index contributed by atoms with van der Waals surface area (Å²) in [5.41, 5.74) is 1.90. The summed E-state index contributed by atoms with van der Waals surface area (Å²) in [4.78, 5) is 15.4. The van der Waals surface area contributed by atoms with E-state index in [0.717, 1.165) is 0 Å². The van der Waals surface area contributed by atoms with E-state index >= 15 is 0 Å². The monoisotopic (exact) mass is 348 g/mol. The van der Waals surface area contributed by atoms with Crippen molar-refractivity contribution < 1.29 is 23.1 Å². The van der Waals surface area contributed by atoms with Crippen LogP contribution >= 0.6 is 0 Å². The van der Waals surface area contributed by atoms with Gasteiger partial charge in [-0.1, -0.05) is 12.1 Å². The number of methoxy groups -OCH3 is 1. The molecule has 7 nitrogen and oxygen atoms in total. The summed E-state index contributed by atoms with van der Waals surface area (Å²) in [5.74, 6) is -0.724. The third kappa shape index (κ3) is 2.63. The third-order valence-corrected chi connectivity index (χ3v) is 5.97. The summed E-state index contributed by atoms with van der Waals surface area (Å²) in [5, 5.41) is 9.27. The molecule has 2 aromatic rings. The van der Waals surface area contributed by atoms with Crippen LogP contribution in [0.3, 0.4) is 0 Å². The molecule has 0 bridgehead atoms. The number of pyridine rings is 1. The first-order valence-electron chi connectivity index (χ1n) is 7.19. The van der Waals surface area contributed by atoms with Gasteiger partial charge in [0.15, 0.2) is 0 Å². The van der Waals surface area contributed by atoms with E-state index in [1.807, 2.05) is 0 Å². The van der Waals surface area contributed by atoms with Gasteiger partial charge in [-0.3, -0.25) is 0 Å². The average molecular weight is 348 g/mol. The number of aromatic nitrogens is 1. The third-order valence-electron chi connectivity index (χ3n) is 4.05. The standard InChI is InChI=1S/C16H16N2O5S/c1-10-6-15(23-2)17-7-14(10)24(21,22)18-8-11-4-3-5-12(16(19)20)13(11)9-18/h3-7H,8-9H2,1-2H3,(H,19,20). The highest BCUT2D eigenvalue weighted by Crippen LogP contribution is 2.32. The zero-order chi connectivity index (χ0) is 17.5. The molecule has 0 radical (unpaired) electrons. The normalized spacial score (nSPS) is 14.4. The van der Waals surface area contributed by atoms with E-state index in [9.17, 15) is 18.3 Å². The smallest absolute Gasteiger partial charge is 0.336 e. The number of rotatable bonds is 4. The van der Waals surface area contributed by atoms with Crippen molar-refractivity contribution in [1.29, 1.82) is 0 Å². The van der Waals surface area contributed by atoms with Crippen LogP contribution in [-0.4, -0.2) is 35.9 Å². The second-order valence-electron chi connectivity index (χ2n) is 5.51. The van der Waals surface area contributed by atoms with Crippen LogP contribution in [0.15, 0.2) is 35.4 Å². The van der Waals surface area contributed by atoms with Gasteiger partial charge in [0.05, 0.1) is 18.9 Å². The SMILES string of the molecule is COc1cc(C)c(S(=O)(=O)N2Cc3cccc(C(=O)O)c3C2)cn1. The lowest BCUT2D eigenvalue weighted by Gasteiger charge is -2.17.